The van der Waals surface area contributed by atoms with Gasteiger partial charge in [0.15, 0.2) is 0 Å². The Morgan fingerprint density at radius 2 is 1.67 bits per heavy atom. The maximum absolute atomic E-state index is 5.27. The van der Waals surface area contributed by atoms with E-state index in [1.54, 1.807) is 7.11 Å². The smallest absolute Gasteiger partial charge is 0.133 e. The van der Waals surface area contributed by atoms with E-state index in [1.165, 1.54) is 11.1 Å². The number of rotatable bonds is 5. The zero-order valence-corrected chi connectivity index (χ0v) is 15.5. The van der Waals surface area contributed by atoms with E-state index in [9.17, 15) is 0 Å². The van der Waals surface area contributed by atoms with Crippen molar-refractivity contribution in [3.05, 3.63) is 62.5 Å². The monoisotopic (exact) mass is 411 g/mol. The second-order valence-corrected chi connectivity index (χ2v) is 6.73. The highest BCUT2D eigenvalue weighted by Crippen LogP contribution is 2.30. The fourth-order valence-electron chi connectivity index (χ4n) is 2.34. The summed E-state index contributed by atoms with van der Waals surface area (Å²) in [6.07, 6.45) is 0. The summed E-state index contributed by atoms with van der Waals surface area (Å²) in [7, 11) is 1.68. The van der Waals surface area contributed by atoms with Gasteiger partial charge in [-0.3, -0.25) is 0 Å². The first kappa shape index (κ1) is 16.5. The van der Waals surface area contributed by atoms with Gasteiger partial charge >= 0.3 is 0 Å². The lowest BCUT2D eigenvalue weighted by molar-refractivity contribution is 0.411. The Labute approximate surface area is 143 Å². The van der Waals surface area contributed by atoms with Gasteiger partial charge in [-0.2, -0.15) is 0 Å². The second kappa shape index (κ2) is 7.43. The topological polar surface area (TPSA) is 21.3 Å². The predicted molar refractivity (Wildman–Crippen MR) is 94.8 cm³/mol. The van der Waals surface area contributed by atoms with E-state index in [2.05, 4.69) is 81.4 Å². The number of hydrogen-bond donors (Lipinski definition) is 1. The molecule has 112 valence electrons. The Morgan fingerprint density at radius 1 is 0.952 bits per heavy atom. The molecule has 0 fully saturated rings. The third-order valence-electron chi connectivity index (χ3n) is 3.55. The summed E-state index contributed by atoms with van der Waals surface area (Å²) >= 11 is 7.15. The largest absolute Gasteiger partial charge is 0.496 e. The molecule has 0 saturated heterocycles. The number of benzene rings is 2. The van der Waals surface area contributed by atoms with Gasteiger partial charge in [-0.25, -0.2) is 0 Å². The molecule has 21 heavy (non-hydrogen) atoms. The summed E-state index contributed by atoms with van der Waals surface area (Å²) in [6, 6.07) is 15.0. The molecule has 0 aliphatic carbocycles. The molecule has 0 amide bonds. The first-order valence-corrected chi connectivity index (χ1v) is 8.45. The van der Waals surface area contributed by atoms with Crippen LogP contribution in [-0.4, -0.2) is 7.11 Å². The van der Waals surface area contributed by atoms with E-state index < -0.39 is 0 Å². The highest BCUT2D eigenvalue weighted by molar-refractivity contribution is 9.10. The Kier molecular flexibility index (Phi) is 5.85. The van der Waals surface area contributed by atoms with E-state index in [0.717, 1.165) is 14.7 Å². The van der Waals surface area contributed by atoms with Gasteiger partial charge in [0.25, 0.3) is 0 Å². The van der Waals surface area contributed by atoms with Gasteiger partial charge in [0.2, 0.25) is 0 Å². The van der Waals surface area contributed by atoms with Crippen LogP contribution < -0.4 is 10.1 Å². The summed E-state index contributed by atoms with van der Waals surface area (Å²) in [4.78, 5) is 0. The van der Waals surface area contributed by atoms with Crippen LogP contribution in [0.2, 0.25) is 0 Å². The van der Waals surface area contributed by atoms with Crippen LogP contribution in [-0.2, 0) is 0 Å². The molecule has 0 saturated carbocycles. The van der Waals surface area contributed by atoms with Gasteiger partial charge in [0.1, 0.15) is 5.75 Å². The Bertz CT molecular complexity index is 615. The lowest BCUT2D eigenvalue weighted by Crippen LogP contribution is -2.22. The van der Waals surface area contributed by atoms with Gasteiger partial charge < -0.3 is 10.1 Å². The van der Waals surface area contributed by atoms with E-state index >= 15 is 0 Å². The number of ether oxygens (including phenoxy) is 1. The average molecular weight is 413 g/mol. The highest BCUT2D eigenvalue weighted by atomic mass is 79.9. The van der Waals surface area contributed by atoms with Crippen LogP contribution in [0.3, 0.4) is 0 Å². The van der Waals surface area contributed by atoms with Crippen molar-refractivity contribution in [2.75, 3.05) is 7.11 Å². The molecule has 0 bridgehead atoms. The van der Waals surface area contributed by atoms with Crippen LogP contribution in [0.5, 0.6) is 5.75 Å². The van der Waals surface area contributed by atoms with Crippen molar-refractivity contribution in [2.24, 2.45) is 0 Å². The maximum atomic E-state index is 5.27. The van der Waals surface area contributed by atoms with Crippen LogP contribution in [0.1, 0.15) is 37.1 Å². The number of halogens is 2. The van der Waals surface area contributed by atoms with Gasteiger partial charge in [-0.05, 0) is 59.1 Å². The maximum Gasteiger partial charge on any atom is 0.133 e. The van der Waals surface area contributed by atoms with Crippen LogP contribution in [0.4, 0.5) is 0 Å². The van der Waals surface area contributed by atoms with Crippen molar-refractivity contribution in [3.63, 3.8) is 0 Å². The summed E-state index contributed by atoms with van der Waals surface area (Å²) in [5, 5.41) is 3.63. The summed E-state index contributed by atoms with van der Waals surface area (Å²) in [5.74, 6) is 0.852. The molecule has 0 aliphatic rings. The molecular formula is C17H19Br2NO. The fourth-order valence-corrected chi connectivity index (χ4v) is 3.53. The molecule has 2 atom stereocenters. The quantitative estimate of drug-likeness (QED) is 0.686. The first-order chi connectivity index (χ1) is 10.0. The molecule has 2 rings (SSSR count). The highest BCUT2D eigenvalue weighted by Gasteiger charge is 2.14. The Balaban J connectivity index is 2.12. The normalized spacial score (nSPS) is 13.8. The molecule has 0 aromatic heterocycles. The molecule has 0 spiro atoms. The summed E-state index contributed by atoms with van der Waals surface area (Å²) < 4.78 is 7.38. The summed E-state index contributed by atoms with van der Waals surface area (Å²) in [5.41, 5.74) is 2.48. The van der Waals surface area contributed by atoms with E-state index in [4.69, 9.17) is 4.74 Å². The lowest BCUT2D eigenvalue weighted by Gasteiger charge is -2.22. The Hall–Kier alpha value is -0.840. The third-order valence-corrected chi connectivity index (χ3v) is 4.89. The van der Waals surface area contributed by atoms with E-state index in [0.29, 0.717) is 0 Å². The van der Waals surface area contributed by atoms with Crippen molar-refractivity contribution >= 4 is 31.9 Å². The van der Waals surface area contributed by atoms with Crippen molar-refractivity contribution in [1.29, 1.82) is 0 Å². The Morgan fingerprint density at radius 3 is 2.29 bits per heavy atom. The lowest BCUT2D eigenvalue weighted by atomic mass is 10.0. The molecule has 2 aromatic rings. The second-order valence-electron chi connectivity index (χ2n) is 5.03. The van der Waals surface area contributed by atoms with E-state index in [1.807, 2.05) is 12.1 Å². The standard InChI is InChI=1S/C17H19Br2NO/c1-11(13-8-9-17(21-3)16(19)10-13)20-12(2)14-6-4-5-7-15(14)18/h4-12,20H,1-3H3/t11?,12-/m0/s1. The third kappa shape index (κ3) is 4.09. The minimum Gasteiger partial charge on any atom is -0.496 e. The summed E-state index contributed by atoms with van der Waals surface area (Å²) in [6.45, 7) is 4.34. The van der Waals surface area contributed by atoms with Crippen LogP contribution >= 0.6 is 31.9 Å². The predicted octanol–water partition coefficient (Wildman–Crippen LogP) is 5.63. The molecule has 0 heterocycles. The van der Waals surface area contributed by atoms with Gasteiger partial charge in [-0.15, -0.1) is 0 Å². The van der Waals surface area contributed by atoms with Crippen LogP contribution in [0, 0.1) is 0 Å². The van der Waals surface area contributed by atoms with Crippen molar-refractivity contribution in [3.8, 4) is 5.75 Å². The average Bonchev–Trinajstić information content (AvgIpc) is 2.47. The zero-order valence-electron chi connectivity index (χ0n) is 12.4. The van der Waals surface area contributed by atoms with Crippen molar-refractivity contribution < 1.29 is 4.74 Å². The van der Waals surface area contributed by atoms with Crippen LogP contribution in [0.25, 0.3) is 0 Å². The molecule has 1 unspecified atom stereocenters. The molecule has 0 aliphatic heterocycles. The minimum atomic E-state index is 0.245. The van der Waals surface area contributed by atoms with Gasteiger partial charge in [0.05, 0.1) is 11.6 Å². The zero-order chi connectivity index (χ0) is 15.4. The molecule has 1 N–H and O–H groups in total. The van der Waals surface area contributed by atoms with E-state index in [-0.39, 0.29) is 12.1 Å². The van der Waals surface area contributed by atoms with Gasteiger partial charge in [-0.1, -0.05) is 40.2 Å². The fraction of sp³-hybridized carbons (Fsp3) is 0.294. The molecule has 2 aromatic carbocycles. The van der Waals surface area contributed by atoms with Crippen molar-refractivity contribution in [1.82, 2.24) is 5.32 Å². The first-order valence-electron chi connectivity index (χ1n) is 6.87. The molecule has 4 heteroatoms. The number of nitrogens with one attached hydrogen (secondary N) is 1. The van der Waals surface area contributed by atoms with Crippen LogP contribution in [0.15, 0.2) is 51.4 Å². The number of hydrogen-bond acceptors (Lipinski definition) is 2. The number of methoxy groups -OCH3 is 1. The minimum absolute atomic E-state index is 0.245. The van der Waals surface area contributed by atoms with Crippen molar-refractivity contribution in [2.45, 2.75) is 25.9 Å². The molecule has 2 nitrogen and oxygen atoms in total. The SMILES string of the molecule is COc1ccc(C(C)N[C@@H](C)c2ccccc2Br)cc1Br. The molecular weight excluding hydrogens is 394 g/mol. The molecule has 0 radical (unpaired) electrons. The van der Waals surface area contributed by atoms with Gasteiger partial charge in [0, 0.05) is 16.6 Å².